The molecular weight excluding hydrogens is 299 g/mol. The summed E-state index contributed by atoms with van der Waals surface area (Å²) in [4.78, 5) is 42.5. The van der Waals surface area contributed by atoms with Crippen molar-refractivity contribution < 1.29 is 19.3 Å². The van der Waals surface area contributed by atoms with E-state index in [0.717, 1.165) is 0 Å². The zero-order valence-electron chi connectivity index (χ0n) is 12.0. The number of ether oxygens (including phenoxy) is 2. The van der Waals surface area contributed by atoms with Crippen LogP contribution in [0.3, 0.4) is 0 Å². The maximum absolute atomic E-state index is 11.6. The Morgan fingerprint density at radius 3 is 2.67 bits per heavy atom. The van der Waals surface area contributed by atoms with Crippen molar-refractivity contribution in [2.24, 2.45) is 0 Å². The van der Waals surface area contributed by atoms with Crippen LogP contribution in [0.25, 0.3) is 0 Å². The van der Waals surface area contributed by atoms with E-state index >= 15 is 0 Å². The van der Waals surface area contributed by atoms with E-state index in [0.29, 0.717) is 5.56 Å². The molecule has 2 unspecified atom stereocenters. The van der Waals surface area contributed by atoms with E-state index in [2.05, 4.69) is 4.98 Å². The predicted molar refractivity (Wildman–Crippen MR) is 77.8 cm³/mol. The molecule has 21 heavy (non-hydrogen) atoms. The van der Waals surface area contributed by atoms with E-state index in [4.69, 9.17) is 19.3 Å². The lowest BCUT2D eigenvalue weighted by molar-refractivity contribution is -0.126. The molecule has 0 bridgehead atoms. The highest BCUT2D eigenvalue weighted by Gasteiger charge is 2.23. The molecule has 0 saturated carbocycles. The normalized spacial score (nSPS) is 20.5. The van der Waals surface area contributed by atoms with Gasteiger partial charge in [-0.05, 0) is 19.1 Å². The molecule has 2 heterocycles. The van der Waals surface area contributed by atoms with Gasteiger partial charge in [0.2, 0.25) is 0 Å². The fraction of sp³-hybridized carbons (Fsp3) is 0.500. The van der Waals surface area contributed by atoms with Gasteiger partial charge in [0.05, 0.1) is 0 Å². The van der Waals surface area contributed by atoms with Crippen molar-refractivity contribution in [1.82, 2.24) is 9.55 Å². The summed E-state index contributed by atoms with van der Waals surface area (Å²) in [6.45, 7) is 5.58. The van der Waals surface area contributed by atoms with E-state index in [1.165, 1.54) is 10.8 Å². The fourth-order valence-electron chi connectivity index (χ4n) is 1.58. The molecule has 8 nitrogen and oxygen atoms in total. The van der Waals surface area contributed by atoms with Crippen LogP contribution in [0.1, 0.15) is 25.6 Å². The van der Waals surface area contributed by atoms with Crippen LogP contribution in [0.15, 0.2) is 27.9 Å². The highest BCUT2D eigenvalue weighted by Crippen LogP contribution is 2.26. The minimum Gasteiger partial charge on any atom is -0.348 e. The third kappa shape index (κ3) is 4.87. The zero-order valence-corrected chi connectivity index (χ0v) is 12.9. The predicted octanol–water partition coefficient (Wildman–Crippen LogP) is 0.553. The summed E-state index contributed by atoms with van der Waals surface area (Å²) < 4.78 is 11.6. The van der Waals surface area contributed by atoms with E-state index in [1.807, 2.05) is 13.8 Å². The molecule has 0 saturated heterocycles. The van der Waals surface area contributed by atoms with Crippen LogP contribution >= 0.6 is 8.38 Å². The summed E-state index contributed by atoms with van der Waals surface area (Å²) in [5.74, 6) is 0. The first-order valence-electron chi connectivity index (χ1n) is 6.40. The molecule has 0 radical (unpaired) electrons. The van der Waals surface area contributed by atoms with Gasteiger partial charge in [-0.2, -0.15) is 0 Å². The zero-order chi connectivity index (χ0) is 16.0. The summed E-state index contributed by atoms with van der Waals surface area (Å²) in [5, 5.41) is 0. The molecule has 0 amide bonds. The second-order valence-electron chi connectivity index (χ2n) is 3.93. The Kier molecular flexibility index (Phi) is 6.94. The quantitative estimate of drug-likeness (QED) is 0.552. The topological polar surface area (TPSA) is 114 Å². The Balaban J connectivity index is 0.00000106. The van der Waals surface area contributed by atoms with Gasteiger partial charge in [0.1, 0.15) is 6.35 Å². The molecule has 9 heteroatoms. The minimum absolute atomic E-state index is 0.239. The molecule has 2 atom stereocenters. The molecule has 0 aromatic carbocycles. The van der Waals surface area contributed by atoms with Crippen molar-refractivity contribution in [3.05, 3.63) is 44.8 Å². The van der Waals surface area contributed by atoms with Gasteiger partial charge in [-0.1, -0.05) is 13.8 Å². The largest absolute Gasteiger partial charge is 0.348 e. The smallest absolute Gasteiger partial charge is 0.330 e. The fourth-order valence-corrected chi connectivity index (χ4v) is 1.86. The first kappa shape index (κ1) is 17.7. The number of nitrogens with zero attached hydrogens (tertiary/aromatic N) is 1. The van der Waals surface area contributed by atoms with Crippen molar-refractivity contribution in [3.63, 3.8) is 0 Å². The van der Waals surface area contributed by atoms with Crippen LogP contribution < -0.4 is 11.2 Å². The van der Waals surface area contributed by atoms with Crippen molar-refractivity contribution in [1.29, 1.82) is 0 Å². The van der Waals surface area contributed by atoms with E-state index in [-0.39, 0.29) is 6.35 Å². The highest BCUT2D eigenvalue weighted by atomic mass is 31.2. The average Bonchev–Trinajstić information content (AvgIpc) is 2.91. The monoisotopic (exact) mass is 318 g/mol. The van der Waals surface area contributed by atoms with Crippen LogP contribution in [-0.2, 0) is 9.47 Å². The second-order valence-corrected chi connectivity index (χ2v) is 4.93. The van der Waals surface area contributed by atoms with Crippen molar-refractivity contribution in [2.45, 2.75) is 33.3 Å². The molecule has 1 aliphatic rings. The Hall–Kier alpha value is -1.31. The van der Waals surface area contributed by atoms with E-state index in [1.54, 1.807) is 19.1 Å². The third-order valence-corrected chi connectivity index (χ3v) is 2.86. The van der Waals surface area contributed by atoms with Gasteiger partial charge < -0.3 is 19.3 Å². The second kappa shape index (κ2) is 8.21. The lowest BCUT2D eigenvalue weighted by Gasteiger charge is -2.16. The minimum atomic E-state index is -2.15. The number of H-pyrrole nitrogens is 1. The van der Waals surface area contributed by atoms with Crippen LogP contribution in [0.5, 0.6) is 0 Å². The number of hydrogen-bond donors (Lipinski definition) is 3. The number of rotatable bonds is 4. The van der Waals surface area contributed by atoms with Crippen molar-refractivity contribution in [3.8, 4) is 0 Å². The molecule has 2 rings (SSSR count). The molecule has 1 aliphatic heterocycles. The third-order valence-electron chi connectivity index (χ3n) is 2.48. The Labute approximate surface area is 122 Å². The van der Waals surface area contributed by atoms with Gasteiger partial charge in [-0.3, -0.25) is 14.3 Å². The number of aromatic amines is 1. The molecule has 118 valence electrons. The van der Waals surface area contributed by atoms with Gasteiger partial charge >= 0.3 is 5.69 Å². The molecular formula is C12H19N2O6P. The van der Waals surface area contributed by atoms with Gasteiger partial charge in [-0.15, -0.1) is 0 Å². The first-order chi connectivity index (χ1) is 9.97. The Bertz CT molecular complexity index is 594. The number of aryl methyl sites for hydroxylation is 1. The van der Waals surface area contributed by atoms with Crippen LogP contribution in [0.4, 0.5) is 0 Å². The molecule has 3 N–H and O–H groups in total. The summed E-state index contributed by atoms with van der Waals surface area (Å²) in [6.07, 6.45) is 2.84. The summed E-state index contributed by atoms with van der Waals surface area (Å²) in [5.41, 5.74) is -0.644. The molecule has 0 fully saturated rings. The number of hydrogen-bond acceptors (Lipinski definition) is 6. The van der Waals surface area contributed by atoms with E-state index in [9.17, 15) is 9.59 Å². The van der Waals surface area contributed by atoms with Gasteiger partial charge in [-0.25, -0.2) is 4.79 Å². The standard InChI is InChI=1S/C10H13N2O6P.C2H6/c1-6-4-12(10(14)11-9(6)13)7-2-3-8(18-7)17-5-19(15)16;1-2/h2-4,7-8,15-16H,5H2,1H3,(H,11,13,14);1-2H3. The van der Waals surface area contributed by atoms with Crippen LogP contribution in [0.2, 0.25) is 0 Å². The number of aromatic nitrogens is 2. The molecule has 0 aliphatic carbocycles. The van der Waals surface area contributed by atoms with Crippen molar-refractivity contribution >= 4 is 8.38 Å². The first-order valence-corrected chi connectivity index (χ1v) is 7.83. The molecule has 1 aromatic heterocycles. The maximum Gasteiger partial charge on any atom is 0.330 e. The summed E-state index contributed by atoms with van der Waals surface area (Å²) in [7, 11) is -2.15. The molecule has 1 aromatic rings. The van der Waals surface area contributed by atoms with Crippen LogP contribution in [-0.4, -0.2) is 32.0 Å². The van der Waals surface area contributed by atoms with E-state index < -0.39 is 32.1 Å². The van der Waals surface area contributed by atoms with Gasteiger partial charge in [0, 0.05) is 11.8 Å². The van der Waals surface area contributed by atoms with Crippen LogP contribution in [0, 0.1) is 6.92 Å². The maximum atomic E-state index is 11.6. The van der Waals surface area contributed by atoms with Gasteiger partial charge in [0.25, 0.3) is 5.56 Å². The Morgan fingerprint density at radius 1 is 1.38 bits per heavy atom. The average molecular weight is 318 g/mol. The lowest BCUT2D eigenvalue weighted by Crippen LogP contribution is -2.33. The SMILES string of the molecule is CC.Cc1cn(C2C=CC(OCP(O)O)O2)c(=O)[nH]c1=O. The number of nitrogens with one attached hydrogen (secondary N) is 1. The lowest BCUT2D eigenvalue weighted by atomic mass is 10.4. The highest BCUT2D eigenvalue weighted by molar-refractivity contribution is 7.44. The molecule has 0 spiro atoms. The van der Waals surface area contributed by atoms with Crippen molar-refractivity contribution in [2.75, 3.05) is 6.35 Å². The Morgan fingerprint density at radius 2 is 2.05 bits per heavy atom. The summed E-state index contributed by atoms with van der Waals surface area (Å²) in [6, 6.07) is 0. The summed E-state index contributed by atoms with van der Waals surface area (Å²) >= 11 is 0. The van der Waals surface area contributed by atoms with Gasteiger partial charge in [0.15, 0.2) is 20.9 Å².